The highest BCUT2D eigenvalue weighted by Gasteiger charge is 2.08. The van der Waals surface area contributed by atoms with E-state index in [9.17, 15) is 4.79 Å². The molecule has 0 aliphatic rings. The van der Waals surface area contributed by atoms with Crippen molar-refractivity contribution in [1.29, 1.82) is 0 Å². The molecular formula is C18H14Cl2N4O. The maximum atomic E-state index is 12.1. The van der Waals surface area contributed by atoms with Crippen LogP contribution in [0.1, 0.15) is 16.1 Å². The summed E-state index contributed by atoms with van der Waals surface area (Å²) in [6, 6.07) is 14.6. The lowest BCUT2D eigenvalue weighted by atomic mass is 10.2. The summed E-state index contributed by atoms with van der Waals surface area (Å²) in [4.78, 5) is 20.4. The number of halogens is 2. The average molecular weight is 373 g/mol. The smallest absolute Gasteiger partial charge is 0.271 e. The molecule has 7 heteroatoms. The fourth-order valence-electron chi connectivity index (χ4n) is 2.09. The van der Waals surface area contributed by atoms with Crippen LogP contribution in [-0.4, -0.2) is 15.9 Å². The van der Waals surface area contributed by atoms with Crippen LogP contribution < -0.4 is 10.6 Å². The standard InChI is InChI=1S/C18H14Cl2N4O/c19-13-7-5-12(6-8-13)9-23-18(25)16-10-22-17(11-21-16)24-15-4-2-1-3-14(15)20/h1-8,10-11H,9H2,(H,22,24)(H,23,25). The molecule has 0 bridgehead atoms. The third-order valence-electron chi connectivity index (χ3n) is 3.39. The third kappa shape index (κ3) is 4.68. The molecule has 1 aromatic heterocycles. The van der Waals surface area contributed by atoms with E-state index in [4.69, 9.17) is 23.2 Å². The van der Waals surface area contributed by atoms with Crippen LogP contribution in [0.5, 0.6) is 0 Å². The van der Waals surface area contributed by atoms with Crippen molar-refractivity contribution in [2.24, 2.45) is 0 Å². The van der Waals surface area contributed by atoms with E-state index >= 15 is 0 Å². The van der Waals surface area contributed by atoms with Crippen molar-refractivity contribution < 1.29 is 4.79 Å². The van der Waals surface area contributed by atoms with Crippen molar-refractivity contribution in [3.05, 3.63) is 82.2 Å². The fourth-order valence-corrected chi connectivity index (χ4v) is 2.39. The largest absolute Gasteiger partial charge is 0.347 e. The number of para-hydroxylation sites is 1. The third-order valence-corrected chi connectivity index (χ3v) is 3.97. The van der Waals surface area contributed by atoms with Gasteiger partial charge in [0.15, 0.2) is 0 Å². The van der Waals surface area contributed by atoms with Crippen LogP contribution in [0.25, 0.3) is 0 Å². The maximum absolute atomic E-state index is 12.1. The maximum Gasteiger partial charge on any atom is 0.271 e. The highest BCUT2D eigenvalue weighted by Crippen LogP contribution is 2.23. The first-order valence-electron chi connectivity index (χ1n) is 7.48. The van der Waals surface area contributed by atoms with Crippen LogP contribution in [0, 0.1) is 0 Å². The number of hydrogen-bond donors (Lipinski definition) is 2. The molecule has 0 atom stereocenters. The van der Waals surface area contributed by atoms with E-state index in [1.54, 1.807) is 18.2 Å². The molecule has 2 N–H and O–H groups in total. The molecular weight excluding hydrogens is 359 g/mol. The summed E-state index contributed by atoms with van der Waals surface area (Å²) in [5, 5.41) is 7.07. The number of nitrogens with one attached hydrogen (secondary N) is 2. The number of carbonyl (C=O) groups is 1. The number of anilines is 2. The first-order chi connectivity index (χ1) is 12.1. The van der Waals surface area contributed by atoms with E-state index in [1.165, 1.54) is 12.4 Å². The van der Waals surface area contributed by atoms with Gasteiger partial charge < -0.3 is 10.6 Å². The average Bonchev–Trinajstić information content (AvgIpc) is 2.63. The van der Waals surface area contributed by atoms with Gasteiger partial charge >= 0.3 is 0 Å². The number of amides is 1. The van der Waals surface area contributed by atoms with Gasteiger partial charge in [0.1, 0.15) is 11.5 Å². The topological polar surface area (TPSA) is 66.9 Å². The van der Waals surface area contributed by atoms with Gasteiger partial charge in [0.2, 0.25) is 0 Å². The SMILES string of the molecule is O=C(NCc1ccc(Cl)cc1)c1cnc(Nc2ccccc2Cl)cn1. The Morgan fingerprint density at radius 2 is 1.72 bits per heavy atom. The first kappa shape index (κ1) is 17.2. The van der Waals surface area contributed by atoms with Crippen LogP contribution in [0.15, 0.2) is 60.9 Å². The highest BCUT2D eigenvalue weighted by molar-refractivity contribution is 6.33. The molecule has 2 aromatic carbocycles. The van der Waals surface area contributed by atoms with Crippen molar-refractivity contribution in [3.63, 3.8) is 0 Å². The van der Waals surface area contributed by atoms with Gasteiger partial charge in [-0.1, -0.05) is 47.5 Å². The number of carbonyl (C=O) groups excluding carboxylic acids is 1. The lowest BCUT2D eigenvalue weighted by Gasteiger charge is -2.08. The summed E-state index contributed by atoms with van der Waals surface area (Å²) in [5.74, 6) is 0.203. The monoisotopic (exact) mass is 372 g/mol. The number of benzene rings is 2. The summed E-state index contributed by atoms with van der Waals surface area (Å²) in [6.07, 6.45) is 2.90. The molecule has 126 valence electrons. The Hall–Kier alpha value is -2.63. The summed E-state index contributed by atoms with van der Waals surface area (Å²) in [6.45, 7) is 0.386. The molecule has 0 unspecified atom stereocenters. The van der Waals surface area contributed by atoms with Crippen LogP contribution >= 0.6 is 23.2 Å². The molecule has 0 fully saturated rings. The summed E-state index contributed by atoms with van der Waals surface area (Å²) in [5.41, 5.74) is 1.90. The molecule has 5 nitrogen and oxygen atoms in total. The van der Waals surface area contributed by atoms with Gasteiger partial charge in [-0.05, 0) is 29.8 Å². The molecule has 25 heavy (non-hydrogen) atoms. The van der Waals surface area contributed by atoms with E-state index < -0.39 is 0 Å². The highest BCUT2D eigenvalue weighted by atomic mass is 35.5. The van der Waals surface area contributed by atoms with Gasteiger partial charge in [0, 0.05) is 11.6 Å². The number of nitrogens with zero attached hydrogens (tertiary/aromatic N) is 2. The molecule has 0 aliphatic carbocycles. The van der Waals surface area contributed by atoms with Crippen LogP contribution in [0.2, 0.25) is 10.0 Å². The number of hydrogen-bond acceptors (Lipinski definition) is 4. The fraction of sp³-hybridized carbons (Fsp3) is 0.0556. The Morgan fingerprint density at radius 1 is 0.960 bits per heavy atom. The zero-order valence-corrected chi connectivity index (χ0v) is 14.6. The molecule has 3 rings (SSSR count). The number of rotatable bonds is 5. The van der Waals surface area contributed by atoms with Crippen molar-refractivity contribution in [2.75, 3.05) is 5.32 Å². The second-order valence-corrected chi connectivity index (χ2v) is 6.04. The van der Waals surface area contributed by atoms with E-state index in [2.05, 4.69) is 20.6 Å². The summed E-state index contributed by atoms with van der Waals surface area (Å²) in [7, 11) is 0. The molecule has 1 amide bonds. The van der Waals surface area contributed by atoms with Gasteiger partial charge in [-0.25, -0.2) is 9.97 Å². The van der Waals surface area contributed by atoms with Crippen LogP contribution in [0.4, 0.5) is 11.5 Å². The van der Waals surface area contributed by atoms with E-state index in [-0.39, 0.29) is 11.6 Å². The Morgan fingerprint density at radius 3 is 2.40 bits per heavy atom. The van der Waals surface area contributed by atoms with Crippen LogP contribution in [-0.2, 0) is 6.54 Å². The molecule has 0 spiro atoms. The second-order valence-electron chi connectivity index (χ2n) is 5.20. The Balaban J connectivity index is 1.60. The normalized spacial score (nSPS) is 10.3. The quantitative estimate of drug-likeness (QED) is 0.693. The van der Waals surface area contributed by atoms with Gasteiger partial charge in [-0.15, -0.1) is 0 Å². The van der Waals surface area contributed by atoms with E-state index in [0.717, 1.165) is 11.3 Å². The molecule has 1 heterocycles. The molecule has 0 aliphatic heterocycles. The zero-order valence-electron chi connectivity index (χ0n) is 13.0. The van der Waals surface area contributed by atoms with E-state index in [1.807, 2.05) is 30.3 Å². The predicted molar refractivity (Wildman–Crippen MR) is 99.4 cm³/mol. The zero-order chi connectivity index (χ0) is 17.6. The lowest BCUT2D eigenvalue weighted by Crippen LogP contribution is -2.24. The summed E-state index contributed by atoms with van der Waals surface area (Å²) < 4.78 is 0. The first-order valence-corrected chi connectivity index (χ1v) is 8.23. The minimum Gasteiger partial charge on any atom is -0.347 e. The Kier molecular flexibility index (Phi) is 5.48. The molecule has 3 aromatic rings. The second kappa shape index (κ2) is 7.96. The minimum absolute atomic E-state index is 0.235. The Labute approximate surface area is 155 Å². The molecule has 0 saturated carbocycles. The van der Waals surface area contributed by atoms with Crippen molar-refractivity contribution in [3.8, 4) is 0 Å². The minimum atomic E-state index is -0.299. The van der Waals surface area contributed by atoms with Gasteiger partial charge in [-0.3, -0.25) is 4.79 Å². The van der Waals surface area contributed by atoms with Gasteiger partial charge in [-0.2, -0.15) is 0 Å². The number of aromatic nitrogens is 2. The van der Waals surface area contributed by atoms with Crippen molar-refractivity contribution >= 4 is 40.6 Å². The van der Waals surface area contributed by atoms with Gasteiger partial charge in [0.25, 0.3) is 5.91 Å². The van der Waals surface area contributed by atoms with Gasteiger partial charge in [0.05, 0.1) is 23.1 Å². The van der Waals surface area contributed by atoms with Crippen molar-refractivity contribution in [1.82, 2.24) is 15.3 Å². The summed E-state index contributed by atoms with van der Waals surface area (Å²) >= 11 is 11.9. The van der Waals surface area contributed by atoms with Crippen molar-refractivity contribution in [2.45, 2.75) is 6.54 Å². The lowest BCUT2D eigenvalue weighted by molar-refractivity contribution is 0.0945. The Bertz CT molecular complexity index is 867. The molecule has 0 saturated heterocycles. The van der Waals surface area contributed by atoms with E-state index in [0.29, 0.717) is 22.4 Å². The molecule has 0 radical (unpaired) electrons. The van der Waals surface area contributed by atoms with Crippen LogP contribution in [0.3, 0.4) is 0 Å². The predicted octanol–water partition coefficient (Wildman–Crippen LogP) is 4.46.